The van der Waals surface area contributed by atoms with Gasteiger partial charge in [0, 0.05) is 0 Å². The maximum atomic E-state index is 12.8. The molecule has 12 heavy (non-hydrogen) atoms. The Balaban J connectivity index is 3.43. The van der Waals surface area contributed by atoms with E-state index in [2.05, 4.69) is 12.6 Å². The molecule has 0 fully saturated rings. The molecular formula is C7H6FNO2S. The monoisotopic (exact) mass is 187 g/mol. The first-order valence-electron chi connectivity index (χ1n) is 3.16. The molecule has 0 atom stereocenters. The summed E-state index contributed by atoms with van der Waals surface area (Å²) in [6.07, 6.45) is 0. The van der Waals surface area contributed by atoms with Crippen LogP contribution >= 0.6 is 12.6 Å². The molecule has 1 aromatic carbocycles. The zero-order valence-electron chi connectivity index (χ0n) is 6.24. The minimum atomic E-state index is -0.851. The van der Waals surface area contributed by atoms with Crippen molar-refractivity contribution >= 4 is 18.3 Å². The molecule has 3 nitrogen and oxygen atoms in total. The Bertz CT molecular complexity index is 340. The molecule has 0 amide bonds. The quantitative estimate of drug-likeness (QED) is 0.416. The van der Waals surface area contributed by atoms with Crippen LogP contribution in [0.15, 0.2) is 17.0 Å². The molecule has 0 aromatic heterocycles. The lowest BCUT2D eigenvalue weighted by Crippen LogP contribution is -1.95. The van der Waals surface area contributed by atoms with Gasteiger partial charge < -0.3 is 0 Å². The number of benzene rings is 1. The number of aryl methyl sites for hydroxylation is 1. The third-order valence-electron chi connectivity index (χ3n) is 1.49. The highest BCUT2D eigenvalue weighted by molar-refractivity contribution is 7.80. The number of hydrogen-bond acceptors (Lipinski definition) is 3. The lowest BCUT2D eigenvalue weighted by molar-refractivity contribution is -0.390. The largest absolute Gasteiger partial charge is 0.318 e. The molecule has 0 aliphatic heterocycles. The Kier molecular flexibility index (Phi) is 2.32. The summed E-state index contributed by atoms with van der Waals surface area (Å²) in [5, 5.41) is 10.3. The van der Waals surface area contributed by atoms with Gasteiger partial charge in [-0.25, -0.2) is 0 Å². The molecule has 0 N–H and O–H groups in total. The maximum absolute atomic E-state index is 12.8. The van der Waals surface area contributed by atoms with E-state index in [0.717, 1.165) is 6.07 Å². The van der Waals surface area contributed by atoms with E-state index in [0.29, 0.717) is 5.56 Å². The molecule has 0 spiro atoms. The van der Waals surface area contributed by atoms with Crippen LogP contribution in [0.3, 0.4) is 0 Å². The first-order chi connectivity index (χ1) is 5.54. The van der Waals surface area contributed by atoms with Crippen LogP contribution in [-0.4, -0.2) is 4.92 Å². The van der Waals surface area contributed by atoms with Gasteiger partial charge in [0.25, 0.3) is 0 Å². The van der Waals surface area contributed by atoms with Gasteiger partial charge >= 0.3 is 5.69 Å². The van der Waals surface area contributed by atoms with E-state index in [9.17, 15) is 14.5 Å². The molecule has 1 aromatic rings. The molecular weight excluding hydrogens is 181 g/mol. The fourth-order valence-electron chi connectivity index (χ4n) is 0.830. The number of nitrogens with zero attached hydrogens (tertiary/aromatic N) is 1. The second-order valence-electron chi connectivity index (χ2n) is 2.32. The molecule has 1 rings (SSSR count). The highest BCUT2D eigenvalue weighted by Gasteiger charge is 2.19. The highest BCUT2D eigenvalue weighted by Crippen LogP contribution is 2.28. The maximum Gasteiger partial charge on any atom is 0.318 e. The average molecular weight is 187 g/mol. The Labute approximate surface area is 73.8 Å². The number of thiol groups is 1. The van der Waals surface area contributed by atoms with Crippen molar-refractivity contribution in [3.05, 3.63) is 33.6 Å². The van der Waals surface area contributed by atoms with Gasteiger partial charge in [-0.1, -0.05) is 6.07 Å². The van der Waals surface area contributed by atoms with Gasteiger partial charge in [-0.05, 0) is 18.6 Å². The average Bonchev–Trinajstić information content (AvgIpc) is 1.97. The van der Waals surface area contributed by atoms with Crippen LogP contribution in [0.5, 0.6) is 0 Å². The predicted molar refractivity (Wildman–Crippen MR) is 45.0 cm³/mol. The van der Waals surface area contributed by atoms with E-state index >= 15 is 0 Å². The number of nitro benzene ring substituents is 1. The minimum absolute atomic E-state index is 0.0833. The molecule has 5 heteroatoms. The molecule has 0 saturated heterocycles. The van der Waals surface area contributed by atoms with Gasteiger partial charge in [-0.15, -0.1) is 12.6 Å². The molecule has 0 radical (unpaired) electrons. The Hall–Kier alpha value is -1.10. The van der Waals surface area contributed by atoms with Crippen molar-refractivity contribution in [2.45, 2.75) is 11.8 Å². The summed E-state index contributed by atoms with van der Waals surface area (Å²) in [5.74, 6) is -0.851. The summed E-state index contributed by atoms with van der Waals surface area (Å²) in [7, 11) is 0. The number of nitro groups is 1. The summed E-state index contributed by atoms with van der Waals surface area (Å²) in [4.78, 5) is 9.62. The lowest BCUT2D eigenvalue weighted by Gasteiger charge is -1.99. The van der Waals surface area contributed by atoms with E-state index < -0.39 is 16.4 Å². The van der Waals surface area contributed by atoms with Crippen molar-refractivity contribution in [2.75, 3.05) is 0 Å². The second-order valence-corrected chi connectivity index (χ2v) is 2.77. The van der Waals surface area contributed by atoms with E-state index in [1.807, 2.05) is 0 Å². The molecule has 0 bridgehead atoms. The first kappa shape index (κ1) is 8.99. The molecule has 64 valence electrons. The van der Waals surface area contributed by atoms with Crippen molar-refractivity contribution in [2.24, 2.45) is 0 Å². The van der Waals surface area contributed by atoms with Crippen molar-refractivity contribution in [3.8, 4) is 0 Å². The standard InChI is InChI=1S/C7H6FNO2S/c1-4-2-3-5(8)6(7(4)12)9(10)11/h2-3,12H,1H3. The van der Waals surface area contributed by atoms with Crippen LogP contribution in [0.25, 0.3) is 0 Å². The fraction of sp³-hybridized carbons (Fsp3) is 0.143. The van der Waals surface area contributed by atoms with E-state index in [1.54, 1.807) is 6.92 Å². The van der Waals surface area contributed by atoms with E-state index in [1.165, 1.54) is 6.07 Å². The molecule has 0 unspecified atom stereocenters. The summed E-state index contributed by atoms with van der Waals surface area (Å²) in [6.45, 7) is 1.63. The van der Waals surface area contributed by atoms with E-state index in [-0.39, 0.29) is 4.90 Å². The van der Waals surface area contributed by atoms with Crippen molar-refractivity contribution in [1.82, 2.24) is 0 Å². The van der Waals surface area contributed by atoms with Gasteiger partial charge in [0.2, 0.25) is 5.82 Å². The Morgan fingerprint density at radius 3 is 2.58 bits per heavy atom. The minimum Gasteiger partial charge on any atom is -0.258 e. The molecule has 0 aliphatic carbocycles. The second kappa shape index (κ2) is 3.10. The SMILES string of the molecule is Cc1ccc(F)c([N+](=O)[O-])c1S. The summed E-state index contributed by atoms with van der Waals surface area (Å²) < 4.78 is 12.8. The number of rotatable bonds is 1. The van der Waals surface area contributed by atoms with Gasteiger partial charge in [0.1, 0.15) is 0 Å². The summed E-state index contributed by atoms with van der Waals surface area (Å²) in [5.41, 5.74) is 0.0322. The molecule has 0 heterocycles. The Morgan fingerprint density at radius 2 is 2.17 bits per heavy atom. The van der Waals surface area contributed by atoms with Crippen molar-refractivity contribution in [1.29, 1.82) is 0 Å². The van der Waals surface area contributed by atoms with Crippen molar-refractivity contribution in [3.63, 3.8) is 0 Å². The van der Waals surface area contributed by atoms with Gasteiger partial charge in [0.05, 0.1) is 9.82 Å². The summed E-state index contributed by atoms with van der Waals surface area (Å²) in [6, 6.07) is 2.51. The van der Waals surface area contributed by atoms with Crippen molar-refractivity contribution < 1.29 is 9.31 Å². The smallest absolute Gasteiger partial charge is 0.258 e. The summed E-state index contributed by atoms with van der Waals surface area (Å²) >= 11 is 3.84. The topological polar surface area (TPSA) is 43.1 Å². The Morgan fingerprint density at radius 1 is 1.58 bits per heavy atom. The highest BCUT2D eigenvalue weighted by atomic mass is 32.1. The predicted octanol–water partition coefficient (Wildman–Crippen LogP) is 2.33. The zero-order valence-corrected chi connectivity index (χ0v) is 7.14. The van der Waals surface area contributed by atoms with Crippen LogP contribution in [0, 0.1) is 22.9 Å². The van der Waals surface area contributed by atoms with E-state index in [4.69, 9.17) is 0 Å². The number of halogens is 1. The normalized spacial score (nSPS) is 9.92. The fourth-order valence-corrected chi connectivity index (χ4v) is 1.09. The lowest BCUT2D eigenvalue weighted by atomic mass is 10.2. The third kappa shape index (κ3) is 1.40. The van der Waals surface area contributed by atoms with Gasteiger partial charge in [-0.3, -0.25) is 10.1 Å². The van der Waals surface area contributed by atoms with Crippen LogP contribution in [-0.2, 0) is 0 Å². The zero-order chi connectivity index (χ0) is 9.30. The van der Waals surface area contributed by atoms with Crippen LogP contribution < -0.4 is 0 Å². The molecule has 0 saturated carbocycles. The van der Waals surface area contributed by atoms with Gasteiger partial charge in [-0.2, -0.15) is 4.39 Å². The van der Waals surface area contributed by atoms with Gasteiger partial charge in [0.15, 0.2) is 0 Å². The first-order valence-corrected chi connectivity index (χ1v) is 3.61. The van der Waals surface area contributed by atoms with Crippen LogP contribution in [0.1, 0.15) is 5.56 Å². The molecule has 0 aliphatic rings. The third-order valence-corrected chi connectivity index (χ3v) is 2.05. The van der Waals surface area contributed by atoms with Crippen LogP contribution in [0.4, 0.5) is 10.1 Å². The van der Waals surface area contributed by atoms with Crippen LogP contribution in [0.2, 0.25) is 0 Å². The number of hydrogen-bond donors (Lipinski definition) is 1.